The highest BCUT2D eigenvalue weighted by molar-refractivity contribution is 5.59. The predicted octanol–water partition coefficient (Wildman–Crippen LogP) is 1.48. The number of aryl methyl sites for hydroxylation is 1. The Morgan fingerprint density at radius 3 is 2.53 bits per heavy atom. The van der Waals surface area contributed by atoms with Crippen molar-refractivity contribution >= 4 is 0 Å². The summed E-state index contributed by atoms with van der Waals surface area (Å²) in [6.07, 6.45) is 1.79. The molecule has 6 heteroatoms. The number of nitrogens with zero attached hydrogens (tertiary/aromatic N) is 3. The second-order valence-electron chi connectivity index (χ2n) is 5.68. The van der Waals surface area contributed by atoms with Crippen LogP contribution >= 0.6 is 0 Å². The van der Waals surface area contributed by atoms with Crippen LogP contribution in [0.5, 0.6) is 5.88 Å². The molecule has 0 aliphatic rings. The third-order valence-corrected chi connectivity index (χ3v) is 2.92. The summed E-state index contributed by atoms with van der Waals surface area (Å²) >= 11 is 0. The minimum Gasteiger partial charge on any atom is -0.493 e. The number of hydrogen-bond acceptors (Lipinski definition) is 4. The Hall–Kier alpha value is -2.11. The van der Waals surface area contributed by atoms with Gasteiger partial charge in [-0.1, -0.05) is 20.8 Å². The Balaban J connectivity index is 2.70. The van der Waals surface area contributed by atoms with Gasteiger partial charge in [-0.15, -0.1) is 0 Å². The van der Waals surface area contributed by atoms with Crippen molar-refractivity contribution in [2.24, 2.45) is 7.05 Å². The Kier molecular flexibility index (Phi) is 2.96. The average Bonchev–Trinajstić information content (AvgIpc) is 2.67. The molecule has 0 saturated carbocycles. The molecular weight excluding hydrogens is 244 g/mol. The van der Waals surface area contributed by atoms with E-state index in [0.717, 1.165) is 11.3 Å². The molecular formula is C13H18N4O2. The molecule has 0 fully saturated rings. The fraction of sp³-hybridized carbons (Fsp3) is 0.462. The first kappa shape index (κ1) is 13.3. The van der Waals surface area contributed by atoms with E-state index < -0.39 is 0 Å². The number of H-pyrrole nitrogens is 1. The van der Waals surface area contributed by atoms with Gasteiger partial charge in [0.1, 0.15) is 5.82 Å². The van der Waals surface area contributed by atoms with E-state index in [4.69, 9.17) is 0 Å². The Morgan fingerprint density at radius 1 is 1.37 bits per heavy atom. The number of aromatic nitrogens is 4. The molecule has 0 aliphatic carbocycles. The fourth-order valence-corrected chi connectivity index (χ4v) is 1.86. The molecule has 0 amide bonds. The number of aromatic amines is 1. The highest BCUT2D eigenvalue weighted by Crippen LogP contribution is 2.30. The van der Waals surface area contributed by atoms with E-state index in [0.29, 0.717) is 5.82 Å². The molecule has 19 heavy (non-hydrogen) atoms. The first-order valence-corrected chi connectivity index (χ1v) is 6.04. The molecule has 6 nitrogen and oxygen atoms in total. The Labute approximate surface area is 111 Å². The van der Waals surface area contributed by atoms with Crippen LogP contribution in [-0.2, 0) is 12.5 Å². The van der Waals surface area contributed by atoms with Gasteiger partial charge in [-0.05, 0) is 6.92 Å². The maximum atomic E-state index is 11.7. The number of nitrogens with one attached hydrogen (secondary N) is 1. The fourth-order valence-electron chi connectivity index (χ4n) is 1.86. The zero-order valence-electron chi connectivity index (χ0n) is 11.8. The largest absolute Gasteiger partial charge is 0.493 e. The summed E-state index contributed by atoms with van der Waals surface area (Å²) in [7, 11) is 1.81. The van der Waals surface area contributed by atoms with Crippen LogP contribution in [-0.4, -0.2) is 24.9 Å². The first-order chi connectivity index (χ1) is 8.70. The first-order valence-electron chi connectivity index (χ1n) is 6.04. The van der Waals surface area contributed by atoms with Crippen LogP contribution in [0.3, 0.4) is 0 Å². The minimum absolute atomic E-state index is 0.185. The molecule has 0 spiro atoms. The lowest BCUT2D eigenvalue weighted by Crippen LogP contribution is -2.16. The quantitative estimate of drug-likeness (QED) is 0.815. The van der Waals surface area contributed by atoms with Gasteiger partial charge in [0.25, 0.3) is 5.56 Å². The summed E-state index contributed by atoms with van der Waals surface area (Å²) in [4.78, 5) is 18.4. The Morgan fingerprint density at radius 2 is 2.00 bits per heavy atom. The van der Waals surface area contributed by atoms with Gasteiger partial charge in [-0.2, -0.15) is 10.1 Å². The smallest absolute Gasteiger partial charge is 0.257 e. The van der Waals surface area contributed by atoms with Gasteiger partial charge in [-0.25, -0.2) is 0 Å². The Bertz CT molecular complexity index is 677. The molecule has 0 saturated heterocycles. The maximum Gasteiger partial charge on any atom is 0.257 e. The zero-order valence-corrected chi connectivity index (χ0v) is 11.8. The molecule has 0 aliphatic heterocycles. The molecule has 2 heterocycles. The van der Waals surface area contributed by atoms with Crippen molar-refractivity contribution in [1.29, 1.82) is 0 Å². The number of rotatable bonds is 1. The highest BCUT2D eigenvalue weighted by atomic mass is 16.3. The van der Waals surface area contributed by atoms with E-state index in [1.807, 2.05) is 27.8 Å². The molecule has 2 aromatic heterocycles. The number of aromatic hydroxyl groups is 1. The van der Waals surface area contributed by atoms with E-state index >= 15 is 0 Å². The molecule has 0 bridgehead atoms. The minimum atomic E-state index is -0.341. The van der Waals surface area contributed by atoms with E-state index in [1.165, 1.54) is 6.92 Å². The number of hydrogen-bond donors (Lipinski definition) is 2. The van der Waals surface area contributed by atoms with E-state index in [-0.39, 0.29) is 22.4 Å². The summed E-state index contributed by atoms with van der Waals surface area (Å²) in [5.74, 6) is 0.0913. The SMILES string of the molecule is Cc1c(O)nc(-c2cn(C)nc2C(C)(C)C)[nH]c1=O. The average molecular weight is 262 g/mol. The monoisotopic (exact) mass is 262 g/mol. The molecule has 0 atom stereocenters. The zero-order chi connectivity index (χ0) is 14.4. The van der Waals surface area contributed by atoms with Crippen LogP contribution in [0.1, 0.15) is 32.0 Å². The molecule has 102 valence electrons. The van der Waals surface area contributed by atoms with Crippen molar-refractivity contribution in [2.75, 3.05) is 0 Å². The van der Waals surface area contributed by atoms with Crippen LogP contribution < -0.4 is 5.56 Å². The van der Waals surface area contributed by atoms with Gasteiger partial charge in [0, 0.05) is 18.7 Å². The second-order valence-corrected chi connectivity index (χ2v) is 5.68. The molecule has 0 aromatic carbocycles. The normalized spacial score (nSPS) is 11.8. The van der Waals surface area contributed by atoms with Crippen molar-refractivity contribution in [2.45, 2.75) is 33.1 Å². The second kappa shape index (κ2) is 4.22. The lowest BCUT2D eigenvalue weighted by molar-refractivity contribution is 0.447. The molecule has 2 rings (SSSR count). The van der Waals surface area contributed by atoms with Crippen LogP contribution in [0.25, 0.3) is 11.4 Å². The maximum absolute atomic E-state index is 11.7. The summed E-state index contributed by atoms with van der Waals surface area (Å²) in [6.45, 7) is 7.62. The van der Waals surface area contributed by atoms with Gasteiger partial charge in [0.15, 0.2) is 0 Å². The third-order valence-electron chi connectivity index (χ3n) is 2.92. The van der Waals surface area contributed by atoms with Crippen LogP contribution in [0.2, 0.25) is 0 Å². The van der Waals surface area contributed by atoms with Crippen LogP contribution in [0.4, 0.5) is 0 Å². The van der Waals surface area contributed by atoms with Crippen LogP contribution in [0, 0.1) is 6.92 Å². The van der Waals surface area contributed by atoms with Crippen molar-refractivity contribution in [1.82, 2.24) is 19.7 Å². The highest BCUT2D eigenvalue weighted by Gasteiger charge is 2.24. The predicted molar refractivity (Wildman–Crippen MR) is 72.2 cm³/mol. The van der Waals surface area contributed by atoms with Gasteiger partial charge < -0.3 is 10.1 Å². The van der Waals surface area contributed by atoms with Gasteiger partial charge in [0.2, 0.25) is 5.88 Å². The van der Waals surface area contributed by atoms with E-state index in [1.54, 1.807) is 10.9 Å². The van der Waals surface area contributed by atoms with Gasteiger partial charge in [0.05, 0.1) is 16.8 Å². The summed E-state index contributed by atoms with van der Waals surface area (Å²) in [5.41, 5.74) is 1.23. The lowest BCUT2D eigenvalue weighted by Gasteiger charge is -2.17. The van der Waals surface area contributed by atoms with Crippen molar-refractivity contribution in [3.63, 3.8) is 0 Å². The molecule has 2 N–H and O–H groups in total. The molecule has 2 aromatic rings. The van der Waals surface area contributed by atoms with Crippen molar-refractivity contribution < 1.29 is 5.11 Å². The van der Waals surface area contributed by atoms with Gasteiger partial charge >= 0.3 is 0 Å². The third kappa shape index (κ3) is 2.38. The van der Waals surface area contributed by atoms with Gasteiger partial charge in [-0.3, -0.25) is 9.48 Å². The molecule has 0 radical (unpaired) electrons. The van der Waals surface area contributed by atoms with Crippen molar-refractivity contribution in [3.8, 4) is 17.3 Å². The van der Waals surface area contributed by atoms with E-state index in [9.17, 15) is 9.90 Å². The standard InChI is InChI=1S/C13H18N4O2/c1-7-11(18)14-10(15-12(7)19)8-6-17(5)16-9(8)13(2,3)4/h6H,1-5H3,(H2,14,15,18,19). The summed E-state index contributed by atoms with van der Waals surface area (Å²) < 4.78 is 1.67. The van der Waals surface area contributed by atoms with Crippen molar-refractivity contribution in [3.05, 3.63) is 27.8 Å². The lowest BCUT2D eigenvalue weighted by atomic mass is 9.89. The summed E-state index contributed by atoms with van der Waals surface area (Å²) in [6, 6.07) is 0. The van der Waals surface area contributed by atoms with E-state index in [2.05, 4.69) is 15.1 Å². The van der Waals surface area contributed by atoms with Crippen LogP contribution in [0.15, 0.2) is 11.0 Å². The molecule has 0 unspecified atom stereocenters. The summed E-state index contributed by atoms with van der Waals surface area (Å²) in [5, 5.41) is 14.1. The topological polar surface area (TPSA) is 83.8 Å².